The van der Waals surface area contributed by atoms with Gasteiger partial charge in [-0.1, -0.05) is 25.1 Å². The predicted molar refractivity (Wildman–Crippen MR) is 87.3 cm³/mol. The molecule has 21 heavy (non-hydrogen) atoms. The zero-order valence-corrected chi connectivity index (χ0v) is 12.4. The summed E-state index contributed by atoms with van der Waals surface area (Å²) in [7, 11) is 0. The van der Waals surface area contributed by atoms with Crippen LogP contribution in [0.2, 0.25) is 0 Å². The summed E-state index contributed by atoms with van der Waals surface area (Å²) in [5.41, 5.74) is 4.05. The van der Waals surface area contributed by atoms with Crippen molar-refractivity contribution < 1.29 is 0 Å². The second-order valence-corrected chi connectivity index (χ2v) is 5.25. The molecule has 2 aromatic heterocycles. The third-order valence-corrected chi connectivity index (χ3v) is 3.83. The summed E-state index contributed by atoms with van der Waals surface area (Å²) in [6.07, 6.45) is 6.95. The number of aromatic nitrogens is 2. The van der Waals surface area contributed by atoms with E-state index in [9.17, 15) is 0 Å². The van der Waals surface area contributed by atoms with Gasteiger partial charge >= 0.3 is 0 Å². The fourth-order valence-electron chi connectivity index (χ4n) is 2.73. The molecule has 0 aliphatic rings. The van der Waals surface area contributed by atoms with Gasteiger partial charge in [-0.2, -0.15) is 0 Å². The lowest BCUT2D eigenvalue weighted by Crippen LogP contribution is -2.13. The van der Waals surface area contributed by atoms with Crippen LogP contribution in [0.3, 0.4) is 0 Å². The summed E-state index contributed by atoms with van der Waals surface area (Å²) in [6.45, 7) is 5.06. The van der Waals surface area contributed by atoms with Gasteiger partial charge in [0, 0.05) is 31.7 Å². The number of rotatable bonds is 6. The van der Waals surface area contributed by atoms with E-state index in [0.29, 0.717) is 0 Å². The fraction of sp³-hybridized carbons (Fsp3) is 0.278. The normalized spacial score (nSPS) is 11.1. The monoisotopic (exact) mass is 279 g/mol. The van der Waals surface area contributed by atoms with E-state index in [2.05, 4.69) is 64.4 Å². The zero-order chi connectivity index (χ0) is 14.5. The Morgan fingerprint density at radius 2 is 1.95 bits per heavy atom. The Bertz CT molecular complexity index is 701. The summed E-state index contributed by atoms with van der Waals surface area (Å²) in [6, 6.07) is 12.9. The second-order valence-electron chi connectivity index (χ2n) is 5.25. The fourth-order valence-corrected chi connectivity index (χ4v) is 2.73. The summed E-state index contributed by atoms with van der Waals surface area (Å²) < 4.78 is 2.36. The number of benzene rings is 1. The molecule has 3 aromatic rings. The molecule has 0 spiro atoms. The van der Waals surface area contributed by atoms with Gasteiger partial charge in [-0.15, -0.1) is 0 Å². The van der Waals surface area contributed by atoms with Crippen molar-refractivity contribution in [3.05, 3.63) is 66.1 Å². The van der Waals surface area contributed by atoms with Crippen molar-refractivity contribution in [2.75, 3.05) is 6.54 Å². The third-order valence-electron chi connectivity index (χ3n) is 3.83. The van der Waals surface area contributed by atoms with E-state index in [1.165, 1.54) is 22.0 Å². The molecule has 0 saturated carbocycles. The summed E-state index contributed by atoms with van der Waals surface area (Å²) in [4.78, 5) is 4.07. The Labute approximate surface area is 125 Å². The molecule has 1 N–H and O–H groups in total. The molecule has 1 aromatic carbocycles. The number of hydrogen-bond acceptors (Lipinski definition) is 2. The zero-order valence-electron chi connectivity index (χ0n) is 12.4. The summed E-state index contributed by atoms with van der Waals surface area (Å²) >= 11 is 0. The lowest BCUT2D eigenvalue weighted by Gasteiger charge is -2.10. The Balaban J connectivity index is 1.84. The van der Waals surface area contributed by atoms with Crippen LogP contribution in [0, 0.1) is 0 Å². The van der Waals surface area contributed by atoms with Gasteiger partial charge in [-0.05, 0) is 47.7 Å². The van der Waals surface area contributed by atoms with Crippen LogP contribution in [-0.2, 0) is 19.5 Å². The molecule has 0 radical (unpaired) electrons. The van der Waals surface area contributed by atoms with Gasteiger partial charge in [0.05, 0.1) is 5.52 Å². The topological polar surface area (TPSA) is 29.9 Å². The molecule has 3 nitrogen and oxygen atoms in total. The molecule has 0 unspecified atom stereocenters. The van der Waals surface area contributed by atoms with Crippen LogP contribution in [-0.4, -0.2) is 16.1 Å². The number of hydrogen-bond donors (Lipinski definition) is 1. The lowest BCUT2D eigenvalue weighted by atomic mass is 10.1. The van der Waals surface area contributed by atoms with Gasteiger partial charge in [-0.25, -0.2) is 0 Å². The van der Waals surface area contributed by atoms with E-state index in [-0.39, 0.29) is 0 Å². The van der Waals surface area contributed by atoms with Gasteiger partial charge < -0.3 is 9.88 Å². The number of nitrogens with zero attached hydrogens (tertiary/aromatic N) is 2. The molecule has 2 heterocycles. The van der Waals surface area contributed by atoms with Crippen LogP contribution >= 0.6 is 0 Å². The molecule has 108 valence electrons. The molecule has 0 saturated heterocycles. The Morgan fingerprint density at radius 3 is 2.76 bits per heavy atom. The number of para-hydroxylation sites is 1. The first kappa shape index (κ1) is 13.8. The quantitative estimate of drug-likeness (QED) is 0.749. The molecule has 0 atom stereocenters. The molecule has 0 aliphatic heterocycles. The number of aryl methyl sites for hydroxylation is 2. The first-order valence-corrected chi connectivity index (χ1v) is 7.55. The first-order valence-electron chi connectivity index (χ1n) is 7.55. The highest BCUT2D eigenvalue weighted by molar-refractivity contribution is 5.83. The van der Waals surface area contributed by atoms with Crippen molar-refractivity contribution in [3.63, 3.8) is 0 Å². The first-order chi connectivity index (χ1) is 10.4. The Kier molecular flexibility index (Phi) is 4.31. The minimum Gasteiger partial charge on any atom is -0.347 e. The minimum absolute atomic E-state index is 0.924. The van der Waals surface area contributed by atoms with E-state index in [0.717, 1.165) is 26.1 Å². The van der Waals surface area contributed by atoms with Crippen LogP contribution in [0.1, 0.15) is 18.1 Å². The summed E-state index contributed by atoms with van der Waals surface area (Å²) in [5, 5.41) is 4.75. The molecule has 0 aliphatic carbocycles. The van der Waals surface area contributed by atoms with Crippen molar-refractivity contribution in [1.82, 2.24) is 14.9 Å². The maximum absolute atomic E-state index is 4.07. The molecule has 0 amide bonds. The van der Waals surface area contributed by atoms with Crippen LogP contribution in [0.5, 0.6) is 0 Å². The van der Waals surface area contributed by atoms with Gasteiger partial charge in [0.2, 0.25) is 0 Å². The molecule has 3 rings (SSSR count). The average Bonchev–Trinajstić information content (AvgIpc) is 2.96. The van der Waals surface area contributed by atoms with Crippen molar-refractivity contribution in [2.45, 2.75) is 26.4 Å². The lowest BCUT2D eigenvalue weighted by molar-refractivity contribution is 0.702. The molecule has 3 heteroatoms. The number of nitrogens with one attached hydrogen (secondary N) is 1. The summed E-state index contributed by atoms with van der Waals surface area (Å²) in [5.74, 6) is 0. The van der Waals surface area contributed by atoms with E-state index in [4.69, 9.17) is 0 Å². The molecule has 0 bridgehead atoms. The van der Waals surface area contributed by atoms with Gasteiger partial charge in [0.25, 0.3) is 0 Å². The number of pyridine rings is 1. The van der Waals surface area contributed by atoms with E-state index >= 15 is 0 Å². The highest BCUT2D eigenvalue weighted by atomic mass is 15.0. The maximum atomic E-state index is 4.07. The van der Waals surface area contributed by atoms with Gasteiger partial charge in [0.1, 0.15) is 0 Å². The standard InChI is InChI=1S/C18H21N3/c1-2-19-14-17-5-3-4-16-9-13-21(18(16)17)12-8-15-6-10-20-11-7-15/h3-7,9-11,13,19H,2,8,12,14H2,1H3. The smallest absolute Gasteiger partial charge is 0.0525 e. The molecular formula is C18H21N3. The van der Waals surface area contributed by atoms with Crippen LogP contribution in [0.15, 0.2) is 55.0 Å². The van der Waals surface area contributed by atoms with Crippen LogP contribution in [0.4, 0.5) is 0 Å². The SMILES string of the molecule is CCNCc1cccc2ccn(CCc3ccncc3)c12. The highest BCUT2D eigenvalue weighted by Crippen LogP contribution is 2.21. The average molecular weight is 279 g/mol. The van der Waals surface area contributed by atoms with Crippen LogP contribution < -0.4 is 5.32 Å². The Morgan fingerprint density at radius 1 is 1.10 bits per heavy atom. The van der Waals surface area contributed by atoms with E-state index in [1.807, 2.05) is 12.4 Å². The third kappa shape index (κ3) is 3.14. The van der Waals surface area contributed by atoms with Crippen molar-refractivity contribution in [1.29, 1.82) is 0 Å². The van der Waals surface area contributed by atoms with E-state index < -0.39 is 0 Å². The number of fused-ring (bicyclic) bond motifs is 1. The molecule has 0 fully saturated rings. The highest BCUT2D eigenvalue weighted by Gasteiger charge is 2.06. The Hall–Kier alpha value is -2.13. The van der Waals surface area contributed by atoms with Crippen molar-refractivity contribution in [3.8, 4) is 0 Å². The maximum Gasteiger partial charge on any atom is 0.0525 e. The van der Waals surface area contributed by atoms with Crippen LogP contribution in [0.25, 0.3) is 10.9 Å². The van der Waals surface area contributed by atoms with Crippen molar-refractivity contribution >= 4 is 10.9 Å². The predicted octanol–water partition coefficient (Wildman–Crippen LogP) is 3.39. The van der Waals surface area contributed by atoms with Gasteiger partial charge in [0.15, 0.2) is 0 Å². The van der Waals surface area contributed by atoms with Crippen molar-refractivity contribution in [2.24, 2.45) is 0 Å². The largest absolute Gasteiger partial charge is 0.347 e. The molecular weight excluding hydrogens is 258 g/mol. The van der Waals surface area contributed by atoms with E-state index in [1.54, 1.807) is 0 Å². The second kappa shape index (κ2) is 6.55. The van der Waals surface area contributed by atoms with Gasteiger partial charge in [-0.3, -0.25) is 4.98 Å². The minimum atomic E-state index is 0.924.